The topological polar surface area (TPSA) is 35.2 Å². The van der Waals surface area contributed by atoms with Crippen LogP contribution in [0.25, 0.3) is 0 Å². The van der Waals surface area contributed by atoms with E-state index >= 15 is 0 Å². The summed E-state index contributed by atoms with van der Waals surface area (Å²) in [6.45, 7) is 0. The second-order valence-electron chi connectivity index (χ2n) is 6.93. The number of hydrogen-bond acceptors (Lipinski definition) is 2. The van der Waals surface area contributed by atoms with Crippen LogP contribution in [0.5, 0.6) is 5.75 Å². The van der Waals surface area contributed by atoms with E-state index in [9.17, 15) is 30.7 Å². The molecule has 0 bridgehead atoms. The predicted molar refractivity (Wildman–Crippen MR) is 99.5 cm³/mol. The monoisotopic (exact) mass is 443 g/mol. The molecular weight excluding hydrogens is 427 g/mol. The Hall–Kier alpha value is -3.07. The van der Waals surface area contributed by atoms with Crippen LogP contribution in [0.4, 0.5) is 30.7 Å². The van der Waals surface area contributed by atoms with Crippen LogP contribution in [0, 0.1) is 11.6 Å². The Balaban J connectivity index is 2.11. The van der Waals surface area contributed by atoms with E-state index in [1.165, 1.54) is 12.1 Å². The molecule has 164 valence electrons. The van der Waals surface area contributed by atoms with Crippen LogP contribution < -0.4 is 10.5 Å². The highest BCUT2D eigenvalue weighted by Gasteiger charge is 2.61. The molecular formula is C22H16F7NO. The molecule has 0 unspecified atom stereocenters. The SMILES string of the molecule is N[C@](Cc1ccccc1)(c1ccc(F)cc1)c1cc(F)cc(OC(F)(F)C(F)(F)F)c1. The summed E-state index contributed by atoms with van der Waals surface area (Å²) in [5.74, 6) is -2.75. The quantitative estimate of drug-likeness (QED) is 0.479. The van der Waals surface area contributed by atoms with Crippen molar-refractivity contribution in [1.82, 2.24) is 0 Å². The lowest BCUT2D eigenvalue weighted by molar-refractivity contribution is -0.360. The highest BCUT2D eigenvalue weighted by Crippen LogP contribution is 2.39. The number of rotatable bonds is 6. The summed E-state index contributed by atoms with van der Waals surface area (Å²) >= 11 is 0. The Bertz CT molecular complexity index is 1040. The third-order valence-corrected chi connectivity index (χ3v) is 4.65. The van der Waals surface area contributed by atoms with Crippen molar-refractivity contribution < 1.29 is 35.5 Å². The smallest absolute Gasteiger partial charge is 0.426 e. The molecule has 3 aromatic rings. The van der Waals surface area contributed by atoms with Gasteiger partial charge < -0.3 is 10.5 Å². The Kier molecular flexibility index (Phi) is 6.00. The molecule has 0 aliphatic rings. The van der Waals surface area contributed by atoms with Gasteiger partial charge in [-0.1, -0.05) is 42.5 Å². The Morgan fingerprint density at radius 2 is 1.32 bits per heavy atom. The highest BCUT2D eigenvalue weighted by molar-refractivity contribution is 5.44. The molecule has 2 N–H and O–H groups in total. The number of hydrogen-bond donors (Lipinski definition) is 1. The Morgan fingerprint density at radius 1 is 0.710 bits per heavy atom. The summed E-state index contributed by atoms with van der Waals surface area (Å²) < 4.78 is 95.7. The molecule has 0 aliphatic carbocycles. The lowest BCUT2D eigenvalue weighted by Crippen LogP contribution is -2.42. The van der Waals surface area contributed by atoms with Crippen LogP contribution in [0.2, 0.25) is 0 Å². The molecule has 0 fully saturated rings. The molecule has 2 nitrogen and oxygen atoms in total. The summed E-state index contributed by atoms with van der Waals surface area (Å²) in [4.78, 5) is 0. The number of halogens is 7. The van der Waals surface area contributed by atoms with Crippen LogP contribution in [0.15, 0.2) is 72.8 Å². The fourth-order valence-corrected chi connectivity index (χ4v) is 3.12. The summed E-state index contributed by atoms with van der Waals surface area (Å²) in [5, 5.41) is 0. The average molecular weight is 443 g/mol. The number of benzene rings is 3. The van der Waals surface area contributed by atoms with Gasteiger partial charge in [0.2, 0.25) is 0 Å². The van der Waals surface area contributed by atoms with E-state index in [1.807, 2.05) is 0 Å². The normalized spacial score (nSPS) is 14.2. The Labute approximate surface area is 173 Å². The zero-order chi connectivity index (χ0) is 22.9. The van der Waals surface area contributed by atoms with Crippen molar-refractivity contribution in [3.8, 4) is 5.75 Å². The lowest BCUT2D eigenvalue weighted by atomic mass is 9.79. The fraction of sp³-hybridized carbons (Fsp3) is 0.182. The van der Waals surface area contributed by atoms with Crippen molar-refractivity contribution in [3.63, 3.8) is 0 Å². The molecule has 0 aliphatic heterocycles. The first-order valence-electron chi connectivity index (χ1n) is 8.94. The minimum atomic E-state index is -6.00. The largest absolute Gasteiger partial charge is 0.499 e. The standard InChI is InChI=1S/C22H16F7NO/c23-17-8-6-15(7-9-17)20(30,13-14-4-2-1-3-5-14)16-10-18(24)12-19(11-16)31-22(28,29)21(25,26)27/h1-12H,13,30H2/t20-/m1/s1. The van der Waals surface area contributed by atoms with Gasteiger partial charge >= 0.3 is 12.3 Å². The van der Waals surface area contributed by atoms with Gasteiger partial charge in [0, 0.05) is 6.07 Å². The van der Waals surface area contributed by atoms with Crippen molar-refractivity contribution in [2.75, 3.05) is 0 Å². The first kappa shape index (κ1) is 22.6. The third kappa shape index (κ3) is 4.99. The molecule has 0 amide bonds. The van der Waals surface area contributed by atoms with Crippen molar-refractivity contribution in [1.29, 1.82) is 0 Å². The van der Waals surface area contributed by atoms with E-state index in [2.05, 4.69) is 4.74 Å². The Morgan fingerprint density at radius 3 is 1.90 bits per heavy atom. The highest BCUT2D eigenvalue weighted by atomic mass is 19.4. The van der Waals surface area contributed by atoms with Crippen LogP contribution in [-0.2, 0) is 12.0 Å². The van der Waals surface area contributed by atoms with Crippen molar-refractivity contribution in [2.24, 2.45) is 5.73 Å². The molecule has 1 atom stereocenters. The first-order valence-corrected chi connectivity index (χ1v) is 8.94. The molecule has 0 saturated carbocycles. The van der Waals surface area contributed by atoms with Gasteiger partial charge in [-0.15, -0.1) is 0 Å². The summed E-state index contributed by atoms with van der Waals surface area (Å²) in [7, 11) is 0. The third-order valence-electron chi connectivity index (χ3n) is 4.65. The van der Waals surface area contributed by atoms with Gasteiger partial charge in [0.15, 0.2) is 0 Å². The molecule has 0 heterocycles. The van der Waals surface area contributed by atoms with Gasteiger partial charge in [-0.3, -0.25) is 0 Å². The van der Waals surface area contributed by atoms with E-state index in [-0.39, 0.29) is 17.5 Å². The van der Waals surface area contributed by atoms with E-state index < -0.39 is 35.2 Å². The van der Waals surface area contributed by atoms with Gasteiger partial charge in [-0.2, -0.15) is 22.0 Å². The molecule has 9 heteroatoms. The molecule has 0 spiro atoms. The molecule has 3 aromatic carbocycles. The van der Waals surface area contributed by atoms with Gasteiger partial charge in [0.25, 0.3) is 0 Å². The molecule has 0 radical (unpaired) electrons. The summed E-state index contributed by atoms with van der Waals surface area (Å²) in [5.41, 5.74) is 5.79. The number of nitrogens with two attached hydrogens (primary N) is 1. The zero-order valence-corrected chi connectivity index (χ0v) is 15.8. The maximum absolute atomic E-state index is 14.2. The van der Waals surface area contributed by atoms with Crippen LogP contribution >= 0.6 is 0 Å². The predicted octanol–water partition coefficient (Wildman–Crippen LogP) is 5.94. The summed E-state index contributed by atoms with van der Waals surface area (Å²) in [6.07, 6.45) is -11.5. The van der Waals surface area contributed by atoms with Gasteiger partial charge in [0.05, 0.1) is 5.54 Å². The molecule has 31 heavy (non-hydrogen) atoms. The second-order valence-corrected chi connectivity index (χ2v) is 6.93. The molecule has 0 aromatic heterocycles. The van der Waals surface area contributed by atoms with Crippen molar-refractivity contribution in [2.45, 2.75) is 24.2 Å². The minimum absolute atomic E-state index is 0.0119. The van der Waals surface area contributed by atoms with Crippen LogP contribution in [0.1, 0.15) is 16.7 Å². The van der Waals surface area contributed by atoms with Crippen molar-refractivity contribution >= 4 is 0 Å². The van der Waals surface area contributed by atoms with Gasteiger partial charge in [-0.25, -0.2) is 8.78 Å². The van der Waals surface area contributed by atoms with Crippen LogP contribution in [0.3, 0.4) is 0 Å². The maximum Gasteiger partial charge on any atom is 0.499 e. The maximum atomic E-state index is 14.2. The lowest BCUT2D eigenvalue weighted by Gasteiger charge is -2.32. The molecule has 0 saturated heterocycles. The van der Waals surface area contributed by atoms with Crippen LogP contribution in [-0.4, -0.2) is 12.3 Å². The van der Waals surface area contributed by atoms with E-state index in [0.29, 0.717) is 11.6 Å². The second kappa shape index (κ2) is 8.22. The van der Waals surface area contributed by atoms with E-state index in [0.717, 1.165) is 24.3 Å². The average Bonchev–Trinajstić information content (AvgIpc) is 2.67. The number of ether oxygens (including phenoxy) is 1. The van der Waals surface area contributed by atoms with Crippen molar-refractivity contribution in [3.05, 3.63) is 101 Å². The van der Waals surface area contributed by atoms with Gasteiger partial charge in [0.1, 0.15) is 17.4 Å². The molecule has 3 rings (SSSR count). The first-order chi connectivity index (χ1) is 14.4. The summed E-state index contributed by atoms with van der Waals surface area (Å²) in [6, 6.07) is 15.6. The number of alkyl halides is 5. The minimum Gasteiger partial charge on any atom is -0.426 e. The van der Waals surface area contributed by atoms with E-state index in [1.54, 1.807) is 30.3 Å². The fourth-order valence-electron chi connectivity index (χ4n) is 3.12. The zero-order valence-electron chi connectivity index (χ0n) is 15.8. The van der Waals surface area contributed by atoms with Gasteiger partial charge in [-0.05, 0) is 47.4 Å². The van der Waals surface area contributed by atoms with E-state index in [4.69, 9.17) is 5.73 Å².